The maximum Gasteiger partial charge on any atom is 0.0482 e. The van der Waals surface area contributed by atoms with E-state index < -0.39 is 0 Å². The molecule has 2 aromatic rings. The van der Waals surface area contributed by atoms with E-state index in [9.17, 15) is 0 Å². The van der Waals surface area contributed by atoms with Gasteiger partial charge in [-0.1, -0.05) is 36.4 Å². The molecule has 1 fully saturated rings. The summed E-state index contributed by atoms with van der Waals surface area (Å²) in [5.41, 5.74) is 4.05. The Hall–Kier alpha value is -1.67. The first-order chi connectivity index (χ1) is 9.43. The number of piperidine rings is 1. The van der Waals surface area contributed by atoms with Gasteiger partial charge in [0, 0.05) is 18.3 Å². The molecule has 2 heteroatoms. The highest BCUT2D eigenvalue weighted by Gasteiger charge is 2.18. The number of aromatic nitrogens is 1. The van der Waals surface area contributed by atoms with Crippen molar-refractivity contribution in [2.45, 2.75) is 25.2 Å². The molecule has 2 nitrogen and oxygen atoms in total. The number of nitrogens with one attached hydrogen (secondary N) is 1. The minimum absolute atomic E-state index is 0.675. The van der Waals surface area contributed by atoms with Crippen LogP contribution in [0.5, 0.6) is 0 Å². The smallest absolute Gasteiger partial charge is 0.0482 e. The van der Waals surface area contributed by atoms with E-state index in [0.717, 1.165) is 19.5 Å². The summed E-state index contributed by atoms with van der Waals surface area (Å²) in [7, 11) is 0. The summed E-state index contributed by atoms with van der Waals surface area (Å²) in [6.07, 6.45) is 5.32. The van der Waals surface area contributed by atoms with Gasteiger partial charge in [0.05, 0.1) is 0 Å². The van der Waals surface area contributed by atoms with Crippen molar-refractivity contribution in [3.63, 3.8) is 0 Å². The Kier molecular flexibility index (Phi) is 3.89. The van der Waals surface area contributed by atoms with E-state index in [-0.39, 0.29) is 0 Å². The zero-order valence-electron chi connectivity index (χ0n) is 11.2. The van der Waals surface area contributed by atoms with Crippen LogP contribution >= 0.6 is 0 Å². The molecule has 0 bridgehead atoms. The van der Waals surface area contributed by atoms with Crippen LogP contribution in [0.15, 0.2) is 48.7 Å². The highest BCUT2D eigenvalue weighted by molar-refractivity contribution is 5.30. The Bertz CT molecular complexity index is 516. The second-order valence-corrected chi connectivity index (χ2v) is 5.23. The largest absolute Gasteiger partial charge is 0.317 e. The maximum atomic E-state index is 4.63. The first-order valence-electron chi connectivity index (χ1n) is 7.12. The molecular formula is C17H20N2. The first-order valence-corrected chi connectivity index (χ1v) is 7.12. The molecule has 1 N–H and O–H groups in total. The van der Waals surface area contributed by atoms with Crippen LogP contribution in [0.25, 0.3) is 0 Å². The Balaban J connectivity index is 1.84. The quantitative estimate of drug-likeness (QED) is 0.907. The molecule has 0 atom stereocenters. The van der Waals surface area contributed by atoms with Crippen molar-refractivity contribution in [1.29, 1.82) is 0 Å². The lowest BCUT2D eigenvalue weighted by Crippen LogP contribution is -2.27. The van der Waals surface area contributed by atoms with Crippen LogP contribution in [-0.2, 0) is 6.42 Å². The lowest BCUT2D eigenvalue weighted by atomic mass is 9.88. The van der Waals surface area contributed by atoms with Crippen molar-refractivity contribution in [2.24, 2.45) is 0 Å². The Morgan fingerprint density at radius 1 is 1.00 bits per heavy atom. The van der Waals surface area contributed by atoms with E-state index in [1.807, 2.05) is 6.20 Å². The highest BCUT2D eigenvalue weighted by Crippen LogP contribution is 2.28. The van der Waals surface area contributed by atoms with Gasteiger partial charge in [0.2, 0.25) is 0 Å². The monoisotopic (exact) mass is 252 g/mol. The molecule has 1 aromatic carbocycles. The summed E-state index contributed by atoms with van der Waals surface area (Å²) in [5, 5.41) is 3.43. The molecule has 3 rings (SSSR count). The van der Waals surface area contributed by atoms with Crippen molar-refractivity contribution in [3.05, 3.63) is 65.5 Å². The molecule has 1 aliphatic heterocycles. The standard InChI is InChI=1S/C17H20N2/c1-2-5-14(6-3-1)13-17-16(7-4-10-19-17)15-8-11-18-12-9-15/h1-7,10,15,18H,8-9,11-13H2. The van der Waals surface area contributed by atoms with Crippen LogP contribution in [0, 0.1) is 0 Å². The van der Waals surface area contributed by atoms with Crippen LogP contribution in [0.4, 0.5) is 0 Å². The number of rotatable bonds is 3. The van der Waals surface area contributed by atoms with Gasteiger partial charge in [-0.2, -0.15) is 0 Å². The third-order valence-corrected chi connectivity index (χ3v) is 3.92. The molecule has 0 spiro atoms. The zero-order chi connectivity index (χ0) is 12.9. The fraction of sp³-hybridized carbons (Fsp3) is 0.353. The van der Waals surface area contributed by atoms with Crippen molar-refractivity contribution in [1.82, 2.24) is 10.3 Å². The van der Waals surface area contributed by atoms with E-state index in [4.69, 9.17) is 0 Å². The topological polar surface area (TPSA) is 24.9 Å². The maximum absolute atomic E-state index is 4.63. The summed E-state index contributed by atoms with van der Waals surface area (Å²) in [4.78, 5) is 4.63. The Morgan fingerprint density at radius 3 is 2.58 bits per heavy atom. The van der Waals surface area contributed by atoms with Crippen molar-refractivity contribution in [3.8, 4) is 0 Å². The van der Waals surface area contributed by atoms with E-state index >= 15 is 0 Å². The van der Waals surface area contributed by atoms with Gasteiger partial charge in [-0.05, 0) is 49.0 Å². The lowest BCUT2D eigenvalue weighted by Gasteiger charge is -2.24. The summed E-state index contributed by atoms with van der Waals surface area (Å²) in [6.45, 7) is 2.26. The molecule has 0 radical (unpaired) electrons. The molecule has 1 saturated heterocycles. The van der Waals surface area contributed by atoms with Crippen LogP contribution in [0.2, 0.25) is 0 Å². The van der Waals surface area contributed by atoms with Crippen LogP contribution in [0.1, 0.15) is 35.6 Å². The lowest BCUT2D eigenvalue weighted by molar-refractivity contribution is 0.457. The summed E-state index contributed by atoms with van der Waals surface area (Å²) >= 11 is 0. The van der Waals surface area contributed by atoms with E-state index in [1.54, 1.807) is 0 Å². The normalized spacial score (nSPS) is 16.4. The average molecular weight is 252 g/mol. The molecule has 98 valence electrons. The molecule has 1 aromatic heterocycles. The van der Waals surface area contributed by atoms with Gasteiger partial charge >= 0.3 is 0 Å². The summed E-state index contributed by atoms with van der Waals surface area (Å²) in [5.74, 6) is 0.675. The Morgan fingerprint density at radius 2 is 1.79 bits per heavy atom. The molecule has 19 heavy (non-hydrogen) atoms. The molecule has 0 unspecified atom stereocenters. The third kappa shape index (κ3) is 3.02. The number of hydrogen-bond donors (Lipinski definition) is 1. The van der Waals surface area contributed by atoms with Crippen molar-refractivity contribution < 1.29 is 0 Å². The van der Waals surface area contributed by atoms with Crippen molar-refractivity contribution in [2.75, 3.05) is 13.1 Å². The van der Waals surface area contributed by atoms with Crippen molar-refractivity contribution >= 4 is 0 Å². The predicted molar refractivity (Wildman–Crippen MR) is 78.3 cm³/mol. The molecule has 0 aliphatic carbocycles. The Labute approximate surface area is 114 Å². The molecule has 1 aliphatic rings. The first kappa shape index (κ1) is 12.4. The van der Waals surface area contributed by atoms with E-state index in [1.165, 1.54) is 29.7 Å². The van der Waals surface area contributed by atoms with Crippen LogP contribution in [-0.4, -0.2) is 18.1 Å². The minimum Gasteiger partial charge on any atom is -0.317 e. The van der Waals surface area contributed by atoms with Gasteiger partial charge in [0.25, 0.3) is 0 Å². The summed E-state index contributed by atoms with van der Waals surface area (Å²) < 4.78 is 0. The number of pyridine rings is 1. The SMILES string of the molecule is c1ccc(Cc2ncccc2C2CCNCC2)cc1. The predicted octanol–water partition coefficient (Wildman–Crippen LogP) is 3.14. The molecule has 0 saturated carbocycles. The number of nitrogens with zero attached hydrogens (tertiary/aromatic N) is 1. The minimum atomic E-state index is 0.675. The van der Waals surface area contributed by atoms with Gasteiger partial charge in [-0.15, -0.1) is 0 Å². The van der Waals surface area contributed by atoms with E-state index in [0.29, 0.717) is 5.92 Å². The number of benzene rings is 1. The second kappa shape index (κ2) is 5.98. The van der Waals surface area contributed by atoms with Gasteiger partial charge in [0.15, 0.2) is 0 Å². The third-order valence-electron chi connectivity index (χ3n) is 3.92. The number of hydrogen-bond acceptors (Lipinski definition) is 2. The van der Waals surface area contributed by atoms with Crippen LogP contribution < -0.4 is 5.32 Å². The van der Waals surface area contributed by atoms with Gasteiger partial charge < -0.3 is 5.32 Å². The second-order valence-electron chi connectivity index (χ2n) is 5.23. The molecular weight excluding hydrogens is 232 g/mol. The van der Waals surface area contributed by atoms with Gasteiger partial charge in [-0.3, -0.25) is 4.98 Å². The fourth-order valence-electron chi connectivity index (χ4n) is 2.89. The summed E-state index contributed by atoms with van der Waals surface area (Å²) in [6, 6.07) is 15.0. The van der Waals surface area contributed by atoms with Gasteiger partial charge in [-0.25, -0.2) is 0 Å². The molecule has 2 heterocycles. The highest BCUT2D eigenvalue weighted by atomic mass is 14.9. The fourth-order valence-corrected chi connectivity index (χ4v) is 2.89. The average Bonchev–Trinajstić information content (AvgIpc) is 2.50. The molecule has 0 amide bonds. The van der Waals surface area contributed by atoms with Crippen LogP contribution in [0.3, 0.4) is 0 Å². The zero-order valence-corrected chi connectivity index (χ0v) is 11.2. The van der Waals surface area contributed by atoms with E-state index in [2.05, 4.69) is 52.8 Å². The van der Waals surface area contributed by atoms with Gasteiger partial charge in [0.1, 0.15) is 0 Å².